The van der Waals surface area contributed by atoms with Gasteiger partial charge in [0.15, 0.2) is 0 Å². The molecule has 142 valence electrons. The number of rotatable bonds is 6. The number of hydrogen-bond donors (Lipinski definition) is 1. The molecule has 1 N–H and O–H groups in total. The lowest BCUT2D eigenvalue weighted by atomic mass is 10.1. The van der Waals surface area contributed by atoms with Crippen molar-refractivity contribution in [2.24, 2.45) is 0 Å². The predicted molar refractivity (Wildman–Crippen MR) is 111 cm³/mol. The Morgan fingerprint density at radius 2 is 1.86 bits per heavy atom. The molecule has 0 aliphatic carbocycles. The van der Waals surface area contributed by atoms with E-state index in [4.69, 9.17) is 17.1 Å². The average Bonchev–Trinajstić information content (AvgIpc) is 2.98. The van der Waals surface area contributed by atoms with Gasteiger partial charge in [0.1, 0.15) is 0 Å². The highest BCUT2D eigenvalue weighted by molar-refractivity contribution is 6.31. The number of halogens is 1. The minimum Gasteiger partial charge on any atom is -0.382 e. The van der Waals surface area contributed by atoms with Crippen molar-refractivity contribution in [1.82, 2.24) is 9.88 Å². The predicted octanol–water partition coefficient (Wildman–Crippen LogP) is 4.77. The molecule has 2 aromatic carbocycles. The first-order valence-electron chi connectivity index (χ1n) is 10.8. The number of nitrogens with one attached hydrogen (secondary N) is 1. The van der Waals surface area contributed by atoms with E-state index in [9.17, 15) is 9.59 Å². The second-order valence-electron chi connectivity index (χ2n) is 6.55. The first-order chi connectivity index (χ1) is 15.0. The Morgan fingerprint density at radius 1 is 1.14 bits per heavy atom. The van der Waals surface area contributed by atoms with Crippen molar-refractivity contribution in [3.63, 3.8) is 0 Å². The Kier molecular flexibility index (Phi) is 3.84. The maximum absolute atomic E-state index is 12.7. The summed E-state index contributed by atoms with van der Waals surface area (Å²) in [5.41, 5.74) is 1.51. The molecule has 1 aromatic heterocycles. The summed E-state index contributed by atoms with van der Waals surface area (Å²) in [6, 6.07) is 12.5. The molecule has 2 heterocycles. The maximum Gasteiger partial charge on any atom is 0.261 e. The lowest BCUT2D eigenvalue weighted by Crippen LogP contribution is -2.31. The van der Waals surface area contributed by atoms with Gasteiger partial charge in [-0.05, 0) is 56.1 Å². The molecule has 1 atom stereocenters. The molecule has 4 rings (SSSR count). The van der Waals surface area contributed by atoms with E-state index in [0.717, 1.165) is 5.39 Å². The van der Waals surface area contributed by atoms with Crippen molar-refractivity contribution < 1.29 is 15.1 Å². The minimum absolute atomic E-state index is 0.0743. The summed E-state index contributed by atoms with van der Waals surface area (Å²) in [6.07, 6.45) is -1.23. The van der Waals surface area contributed by atoms with Gasteiger partial charge < -0.3 is 5.32 Å². The summed E-state index contributed by atoms with van der Waals surface area (Å²) in [5.74, 6) is -1.67. The van der Waals surface area contributed by atoms with Gasteiger partial charge in [-0.3, -0.25) is 19.5 Å². The van der Waals surface area contributed by atoms with Crippen LogP contribution in [0.3, 0.4) is 0 Å². The fraction of sp³-hybridized carbons (Fsp3) is 0.227. The van der Waals surface area contributed by atoms with E-state index in [1.54, 1.807) is 49.5 Å². The van der Waals surface area contributed by atoms with Gasteiger partial charge in [0.05, 0.1) is 16.6 Å². The van der Waals surface area contributed by atoms with E-state index in [0.29, 0.717) is 21.1 Å². The van der Waals surface area contributed by atoms with Gasteiger partial charge in [-0.15, -0.1) is 0 Å². The van der Waals surface area contributed by atoms with E-state index in [2.05, 4.69) is 10.3 Å². The number of hydrogen-bond acceptors (Lipinski definition) is 4. The van der Waals surface area contributed by atoms with Crippen molar-refractivity contribution in [2.45, 2.75) is 25.8 Å². The van der Waals surface area contributed by atoms with E-state index in [1.807, 2.05) is 0 Å². The Balaban J connectivity index is 1.56. The van der Waals surface area contributed by atoms with Crippen LogP contribution >= 0.6 is 11.6 Å². The van der Waals surface area contributed by atoms with Crippen LogP contribution in [0.25, 0.3) is 10.9 Å². The Morgan fingerprint density at radius 3 is 2.57 bits per heavy atom. The summed E-state index contributed by atoms with van der Waals surface area (Å²) in [5, 5.41) is 4.51. The van der Waals surface area contributed by atoms with Gasteiger partial charge in [-0.2, -0.15) is 0 Å². The van der Waals surface area contributed by atoms with Gasteiger partial charge in [-0.25, -0.2) is 0 Å². The number of pyridine rings is 1. The normalized spacial score (nSPS) is 17.6. The first-order valence-corrected chi connectivity index (χ1v) is 9.19. The molecule has 2 amide bonds. The smallest absolute Gasteiger partial charge is 0.261 e. The number of nitrogens with zero attached hydrogens (tertiary/aromatic N) is 2. The molecule has 0 bridgehead atoms. The van der Waals surface area contributed by atoms with Gasteiger partial charge in [0.2, 0.25) is 0 Å². The number of imide groups is 1. The molecule has 1 aliphatic rings. The lowest BCUT2D eigenvalue weighted by molar-refractivity contribution is 0.0651. The number of carbonyl (C=O) groups is 2. The van der Waals surface area contributed by atoms with Gasteiger partial charge in [-0.1, -0.05) is 23.7 Å². The second-order valence-corrected chi connectivity index (χ2v) is 6.99. The lowest BCUT2D eigenvalue weighted by Gasteiger charge is -2.19. The van der Waals surface area contributed by atoms with E-state index in [-0.39, 0.29) is 17.5 Å². The van der Waals surface area contributed by atoms with Gasteiger partial charge in [0.25, 0.3) is 11.8 Å². The molecule has 0 spiro atoms. The average molecular weight is 398 g/mol. The molecular weight excluding hydrogens is 374 g/mol. The fourth-order valence-electron chi connectivity index (χ4n) is 3.13. The largest absolute Gasteiger partial charge is 0.382 e. The summed E-state index contributed by atoms with van der Waals surface area (Å²) < 4.78 is 33.7. The monoisotopic (exact) mass is 397 g/mol. The third-order valence-electron chi connectivity index (χ3n) is 4.50. The summed E-state index contributed by atoms with van der Waals surface area (Å²) in [4.78, 5) is 30.1. The number of benzene rings is 2. The Bertz CT molecular complexity index is 1200. The zero-order valence-corrected chi connectivity index (χ0v) is 15.8. The van der Waals surface area contributed by atoms with Crippen molar-refractivity contribution >= 4 is 40.0 Å². The molecule has 1 aliphatic heterocycles. The number of aromatic nitrogens is 1. The Labute approximate surface area is 173 Å². The van der Waals surface area contributed by atoms with Crippen molar-refractivity contribution in [3.05, 3.63) is 70.9 Å². The van der Waals surface area contributed by atoms with E-state index >= 15 is 0 Å². The van der Waals surface area contributed by atoms with E-state index in [1.165, 1.54) is 12.1 Å². The van der Waals surface area contributed by atoms with Crippen LogP contribution in [0.1, 0.15) is 45.9 Å². The highest BCUT2D eigenvalue weighted by atomic mass is 35.5. The molecule has 0 fully saturated rings. The first kappa shape index (κ1) is 14.1. The number of carbonyl (C=O) groups excluding carboxylic acids is 2. The molecular formula is C22H20ClN3O2. The quantitative estimate of drug-likeness (QED) is 0.609. The van der Waals surface area contributed by atoms with Crippen molar-refractivity contribution in [2.75, 3.05) is 11.8 Å². The van der Waals surface area contributed by atoms with Crippen LogP contribution in [0, 0.1) is 0 Å². The third-order valence-corrected chi connectivity index (χ3v) is 4.73. The Hall–Kier alpha value is -2.92. The number of anilines is 1. The molecule has 6 heteroatoms. The SMILES string of the molecule is [2H]C([2H])(CC(C)Nc1ccnc2cc(Cl)ccc12)C([2H])([2H])N1C(=O)c2ccccc2C1=O. The van der Waals surface area contributed by atoms with E-state index < -0.39 is 30.7 Å². The van der Waals surface area contributed by atoms with Crippen LogP contribution in [0.2, 0.25) is 5.02 Å². The standard InChI is InChI=1S/C22H20ClN3O2/c1-14(25-19-10-11-24-20-13-15(23)8-9-18(19)20)5-4-12-26-21(27)16-6-2-3-7-17(16)22(26)28/h2-3,6-11,13-14H,4-5,12H2,1H3,(H,24,25)/i4D2,12D2. The maximum atomic E-state index is 12.7. The zero-order valence-electron chi connectivity index (χ0n) is 19.1. The third kappa shape index (κ3) is 3.45. The highest BCUT2D eigenvalue weighted by Crippen LogP contribution is 2.26. The zero-order chi connectivity index (χ0) is 23.3. The summed E-state index contributed by atoms with van der Waals surface area (Å²) in [6.45, 7) is -1.15. The van der Waals surface area contributed by atoms with Crippen molar-refractivity contribution in [3.8, 4) is 0 Å². The summed E-state index contributed by atoms with van der Waals surface area (Å²) >= 11 is 6.02. The second kappa shape index (κ2) is 7.60. The van der Waals surface area contributed by atoms with Crippen LogP contribution in [-0.4, -0.2) is 34.2 Å². The number of fused-ring (bicyclic) bond motifs is 2. The summed E-state index contributed by atoms with van der Waals surface area (Å²) in [7, 11) is 0. The van der Waals surface area contributed by atoms with Gasteiger partial charge >= 0.3 is 0 Å². The molecule has 0 saturated carbocycles. The highest BCUT2D eigenvalue weighted by Gasteiger charge is 2.34. The van der Waals surface area contributed by atoms with Crippen LogP contribution in [0.5, 0.6) is 0 Å². The molecule has 28 heavy (non-hydrogen) atoms. The molecule has 0 radical (unpaired) electrons. The van der Waals surface area contributed by atoms with Crippen LogP contribution in [0.4, 0.5) is 5.69 Å². The van der Waals surface area contributed by atoms with Gasteiger partial charge in [0, 0.05) is 40.3 Å². The molecule has 1 unspecified atom stereocenters. The van der Waals surface area contributed by atoms with Crippen molar-refractivity contribution in [1.29, 1.82) is 0 Å². The molecule has 5 nitrogen and oxygen atoms in total. The van der Waals surface area contributed by atoms with Crippen LogP contribution in [0.15, 0.2) is 54.7 Å². The number of amides is 2. The topological polar surface area (TPSA) is 62.3 Å². The molecule has 3 aromatic rings. The fourth-order valence-corrected chi connectivity index (χ4v) is 3.30. The molecule has 0 saturated heterocycles. The van der Waals surface area contributed by atoms with Crippen LogP contribution < -0.4 is 5.32 Å². The van der Waals surface area contributed by atoms with Crippen LogP contribution in [-0.2, 0) is 0 Å². The minimum atomic E-state index is -2.86.